The standard InChI is InChI=1S/C16H23NO4/c1-19-14-8-11(9-15-16(14)21-7-6-20-15)10-17-12-2-4-13(18)5-3-12/h8-9,12-13,17-18H,2-7,10H2,1H3. The molecule has 0 radical (unpaired) electrons. The molecule has 3 rings (SSSR count). The molecule has 0 spiro atoms. The van der Waals surface area contributed by atoms with Gasteiger partial charge in [0.2, 0.25) is 5.75 Å². The normalized spacial score (nSPS) is 24.7. The lowest BCUT2D eigenvalue weighted by molar-refractivity contribution is 0.116. The molecular weight excluding hydrogens is 270 g/mol. The SMILES string of the molecule is COc1cc(CNC2CCC(O)CC2)cc2c1OCCO2. The van der Waals surface area contributed by atoms with Crippen LogP contribution in [-0.4, -0.2) is 37.6 Å². The van der Waals surface area contributed by atoms with E-state index in [0.29, 0.717) is 25.0 Å². The summed E-state index contributed by atoms with van der Waals surface area (Å²) < 4.78 is 16.6. The lowest BCUT2D eigenvalue weighted by Crippen LogP contribution is -2.34. The van der Waals surface area contributed by atoms with Crippen molar-refractivity contribution in [2.75, 3.05) is 20.3 Å². The summed E-state index contributed by atoms with van der Waals surface area (Å²) >= 11 is 0. The quantitative estimate of drug-likeness (QED) is 0.887. The molecule has 116 valence electrons. The molecule has 5 nitrogen and oxygen atoms in total. The number of aliphatic hydroxyl groups excluding tert-OH is 1. The molecule has 0 saturated heterocycles. The van der Waals surface area contributed by atoms with Crippen LogP contribution in [0.3, 0.4) is 0 Å². The molecule has 1 aliphatic heterocycles. The fourth-order valence-electron chi connectivity index (χ4n) is 2.97. The van der Waals surface area contributed by atoms with Crippen molar-refractivity contribution in [3.8, 4) is 17.2 Å². The molecule has 1 heterocycles. The van der Waals surface area contributed by atoms with Crippen molar-refractivity contribution in [1.82, 2.24) is 5.32 Å². The van der Waals surface area contributed by atoms with Gasteiger partial charge in [-0.15, -0.1) is 0 Å². The van der Waals surface area contributed by atoms with E-state index >= 15 is 0 Å². The smallest absolute Gasteiger partial charge is 0.203 e. The minimum atomic E-state index is -0.113. The number of fused-ring (bicyclic) bond motifs is 1. The first-order chi connectivity index (χ1) is 10.3. The van der Waals surface area contributed by atoms with Crippen molar-refractivity contribution in [3.63, 3.8) is 0 Å². The molecule has 0 aromatic heterocycles. The first-order valence-corrected chi connectivity index (χ1v) is 7.64. The topological polar surface area (TPSA) is 60.0 Å². The number of benzene rings is 1. The van der Waals surface area contributed by atoms with E-state index in [1.54, 1.807) is 7.11 Å². The summed E-state index contributed by atoms with van der Waals surface area (Å²) in [6.07, 6.45) is 3.73. The number of nitrogens with one attached hydrogen (secondary N) is 1. The van der Waals surface area contributed by atoms with Gasteiger partial charge in [-0.3, -0.25) is 0 Å². The lowest BCUT2D eigenvalue weighted by Gasteiger charge is -2.27. The van der Waals surface area contributed by atoms with Gasteiger partial charge in [-0.25, -0.2) is 0 Å². The van der Waals surface area contributed by atoms with Crippen LogP contribution in [0, 0.1) is 0 Å². The van der Waals surface area contributed by atoms with Crippen LogP contribution in [0.15, 0.2) is 12.1 Å². The molecule has 21 heavy (non-hydrogen) atoms. The fourth-order valence-corrected chi connectivity index (χ4v) is 2.97. The average molecular weight is 293 g/mol. The Hall–Kier alpha value is -1.46. The molecule has 1 aromatic carbocycles. The van der Waals surface area contributed by atoms with Crippen LogP contribution in [0.25, 0.3) is 0 Å². The molecule has 1 aliphatic carbocycles. The highest BCUT2D eigenvalue weighted by Crippen LogP contribution is 2.40. The molecule has 0 unspecified atom stereocenters. The van der Waals surface area contributed by atoms with E-state index in [2.05, 4.69) is 5.32 Å². The summed E-state index contributed by atoms with van der Waals surface area (Å²) in [6, 6.07) is 4.49. The van der Waals surface area contributed by atoms with Crippen molar-refractivity contribution in [2.24, 2.45) is 0 Å². The average Bonchev–Trinajstić information content (AvgIpc) is 2.53. The van der Waals surface area contributed by atoms with Crippen LogP contribution in [0.5, 0.6) is 17.2 Å². The van der Waals surface area contributed by atoms with Gasteiger partial charge in [0.15, 0.2) is 11.5 Å². The van der Waals surface area contributed by atoms with Gasteiger partial charge in [0, 0.05) is 12.6 Å². The molecular formula is C16H23NO4. The summed E-state index contributed by atoms with van der Waals surface area (Å²) in [5.41, 5.74) is 1.13. The minimum Gasteiger partial charge on any atom is -0.493 e. The molecule has 1 fully saturated rings. The van der Waals surface area contributed by atoms with Gasteiger partial charge in [0.1, 0.15) is 13.2 Å². The summed E-state index contributed by atoms with van der Waals surface area (Å²) in [6.45, 7) is 1.91. The van der Waals surface area contributed by atoms with Gasteiger partial charge in [0.25, 0.3) is 0 Å². The van der Waals surface area contributed by atoms with Crippen molar-refractivity contribution in [2.45, 2.75) is 44.4 Å². The zero-order chi connectivity index (χ0) is 14.7. The summed E-state index contributed by atoms with van der Waals surface area (Å²) in [5.74, 6) is 2.19. The highest BCUT2D eigenvalue weighted by atomic mass is 16.6. The molecule has 0 amide bonds. The molecule has 1 aromatic rings. The second kappa shape index (κ2) is 6.54. The van der Waals surface area contributed by atoms with E-state index < -0.39 is 0 Å². The third-order valence-electron chi connectivity index (χ3n) is 4.18. The predicted molar refractivity (Wildman–Crippen MR) is 79.1 cm³/mol. The van der Waals surface area contributed by atoms with Gasteiger partial charge in [-0.1, -0.05) is 0 Å². The Labute approximate surface area is 125 Å². The highest BCUT2D eigenvalue weighted by Gasteiger charge is 2.21. The predicted octanol–water partition coefficient (Wildman–Crippen LogP) is 1.86. The number of rotatable bonds is 4. The van der Waals surface area contributed by atoms with E-state index in [4.69, 9.17) is 14.2 Å². The molecule has 2 aliphatic rings. The molecule has 0 atom stereocenters. The molecule has 5 heteroatoms. The van der Waals surface area contributed by atoms with E-state index in [1.165, 1.54) is 0 Å². The fraction of sp³-hybridized carbons (Fsp3) is 0.625. The number of hydrogen-bond acceptors (Lipinski definition) is 5. The monoisotopic (exact) mass is 293 g/mol. The third-order valence-corrected chi connectivity index (χ3v) is 4.18. The number of methoxy groups -OCH3 is 1. The number of hydrogen-bond donors (Lipinski definition) is 2. The van der Waals surface area contributed by atoms with E-state index in [9.17, 15) is 5.11 Å². The van der Waals surface area contributed by atoms with Crippen LogP contribution in [-0.2, 0) is 6.54 Å². The van der Waals surface area contributed by atoms with E-state index in [-0.39, 0.29) is 6.10 Å². The van der Waals surface area contributed by atoms with Gasteiger partial charge in [0.05, 0.1) is 13.2 Å². The largest absolute Gasteiger partial charge is 0.493 e. The molecule has 2 N–H and O–H groups in total. The maximum atomic E-state index is 9.54. The van der Waals surface area contributed by atoms with Crippen LogP contribution in [0.4, 0.5) is 0 Å². The Morgan fingerprint density at radius 3 is 2.71 bits per heavy atom. The summed E-state index contributed by atoms with van der Waals surface area (Å²) in [5, 5.41) is 13.1. The first-order valence-electron chi connectivity index (χ1n) is 7.64. The maximum Gasteiger partial charge on any atom is 0.203 e. The summed E-state index contributed by atoms with van der Waals surface area (Å²) in [4.78, 5) is 0. The third kappa shape index (κ3) is 3.41. The van der Waals surface area contributed by atoms with Crippen LogP contribution in [0.1, 0.15) is 31.2 Å². The van der Waals surface area contributed by atoms with Gasteiger partial charge >= 0.3 is 0 Å². The molecule has 0 bridgehead atoms. The second-order valence-corrected chi connectivity index (χ2v) is 5.71. The second-order valence-electron chi connectivity index (χ2n) is 5.71. The Kier molecular flexibility index (Phi) is 4.51. The maximum absolute atomic E-state index is 9.54. The Balaban J connectivity index is 1.65. The zero-order valence-corrected chi connectivity index (χ0v) is 12.4. The van der Waals surface area contributed by atoms with Gasteiger partial charge in [-0.2, -0.15) is 0 Å². The number of aliphatic hydroxyl groups is 1. The summed E-state index contributed by atoms with van der Waals surface area (Å²) in [7, 11) is 1.65. The van der Waals surface area contributed by atoms with Crippen molar-refractivity contribution in [1.29, 1.82) is 0 Å². The van der Waals surface area contributed by atoms with Gasteiger partial charge < -0.3 is 24.6 Å². The highest BCUT2D eigenvalue weighted by molar-refractivity contribution is 5.54. The zero-order valence-electron chi connectivity index (χ0n) is 12.4. The van der Waals surface area contributed by atoms with Crippen molar-refractivity contribution < 1.29 is 19.3 Å². The minimum absolute atomic E-state index is 0.113. The van der Waals surface area contributed by atoms with Crippen LogP contribution < -0.4 is 19.5 Å². The van der Waals surface area contributed by atoms with Gasteiger partial charge in [-0.05, 0) is 43.4 Å². The Morgan fingerprint density at radius 1 is 1.19 bits per heavy atom. The Morgan fingerprint density at radius 2 is 1.95 bits per heavy atom. The van der Waals surface area contributed by atoms with E-state index in [0.717, 1.165) is 49.3 Å². The number of ether oxygens (including phenoxy) is 3. The van der Waals surface area contributed by atoms with E-state index in [1.807, 2.05) is 12.1 Å². The van der Waals surface area contributed by atoms with Crippen molar-refractivity contribution >= 4 is 0 Å². The first kappa shape index (κ1) is 14.5. The van der Waals surface area contributed by atoms with Crippen molar-refractivity contribution in [3.05, 3.63) is 17.7 Å². The Bertz CT molecular complexity index is 466. The van der Waals surface area contributed by atoms with Crippen LogP contribution in [0.2, 0.25) is 0 Å². The van der Waals surface area contributed by atoms with Crippen LogP contribution >= 0.6 is 0 Å². The lowest BCUT2D eigenvalue weighted by atomic mass is 9.93. The molecule has 1 saturated carbocycles.